The number of nitrogens with zero attached hydrogens (tertiary/aromatic N) is 5. The average molecular weight is 371 g/mol. The molecule has 26 heavy (non-hydrogen) atoms. The van der Waals surface area contributed by atoms with Crippen molar-refractivity contribution in [2.45, 2.75) is 13.3 Å². The smallest absolute Gasteiger partial charge is 0.228 e. The van der Waals surface area contributed by atoms with E-state index in [1.165, 1.54) is 0 Å². The molecule has 0 fully saturated rings. The molecule has 0 aliphatic rings. The Bertz CT molecular complexity index is 920. The van der Waals surface area contributed by atoms with E-state index in [4.69, 9.17) is 11.6 Å². The highest BCUT2D eigenvalue weighted by Crippen LogP contribution is 2.28. The van der Waals surface area contributed by atoms with Crippen molar-refractivity contribution in [3.8, 4) is 5.69 Å². The lowest BCUT2D eigenvalue weighted by Crippen LogP contribution is -2.18. The summed E-state index contributed by atoms with van der Waals surface area (Å²) < 4.78 is 1.64. The van der Waals surface area contributed by atoms with E-state index in [0.717, 1.165) is 16.9 Å². The number of benzene rings is 2. The number of halogens is 1. The van der Waals surface area contributed by atoms with Gasteiger partial charge in [-0.25, -0.2) is 0 Å². The summed E-state index contributed by atoms with van der Waals surface area (Å²) in [6.45, 7) is 1.83. The maximum atomic E-state index is 12.4. The van der Waals surface area contributed by atoms with Crippen LogP contribution >= 0.6 is 11.6 Å². The minimum atomic E-state index is -0.110. The van der Waals surface area contributed by atoms with E-state index >= 15 is 0 Å². The minimum absolute atomic E-state index is 0.110. The van der Waals surface area contributed by atoms with Gasteiger partial charge in [-0.3, -0.25) is 4.79 Å². The molecule has 3 aromatic rings. The lowest BCUT2D eigenvalue weighted by molar-refractivity contribution is -0.115. The molecule has 0 saturated carbocycles. The highest BCUT2D eigenvalue weighted by Gasteiger charge is 2.11. The van der Waals surface area contributed by atoms with Crippen LogP contribution in [-0.2, 0) is 11.2 Å². The van der Waals surface area contributed by atoms with E-state index < -0.39 is 0 Å². The molecule has 8 heteroatoms. The normalized spacial score (nSPS) is 10.6. The van der Waals surface area contributed by atoms with Crippen LogP contribution in [-0.4, -0.2) is 40.2 Å². The SMILES string of the molecule is Cc1nnnn1-c1ccc(CC(=O)Nc2cc(Cl)ccc2N(C)C)cc1. The maximum Gasteiger partial charge on any atom is 0.228 e. The predicted octanol–water partition coefficient (Wildman–Crippen LogP) is 2.87. The van der Waals surface area contributed by atoms with E-state index in [-0.39, 0.29) is 12.3 Å². The molecule has 1 N–H and O–H groups in total. The van der Waals surface area contributed by atoms with Gasteiger partial charge in [0.2, 0.25) is 5.91 Å². The lowest BCUT2D eigenvalue weighted by Gasteiger charge is -2.18. The molecule has 1 heterocycles. The van der Waals surface area contributed by atoms with Crippen molar-refractivity contribution in [2.24, 2.45) is 0 Å². The summed E-state index contributed by atoms with van der Waals surface area (Å²) in [6.07, 6.45) is 0.258. The molecule has 0 bridgehead atoms. The van der Waals surface area contributed by atoms with Crippen LogP contribution in [0.25, 0.3) is 5.69 Å². The molecule has 0 atom stereocenters. The summed E-state index contributed by atoms with van der Waals surface area (Å²) in [5.74, 6) is 0.592. The second-order valence-electron chi connectivity index (χ2n) is 6.09. The third kappa shape index (κ3) is 4.00. The van der Waals surface area contributed by atoms with Crippen LogP contribution in [0.2, 0.25) is 5.02 Å². The first-order valence-corrected chi connectivity index (χ1v) is 8.43. The van der Waals surface area contributed by atoms with E-state index in [0.29, 0.717) is 16.5 Å². The molecule has 0 spiro atoms. The topological polar surface area (TPSA) is 75.9 Å². The highest BCUT2D eigenvalue weighted by atomic mass is 35.5. The molecule has 2 aromatic carbocycles. The van der Waals surface area contributed by atoms with Crippen molar-refractivity contribution in [1.29, 1.82) is 0 Å². The van der Waals surface area contributed by atoms with Crippen molar-refractivity contribution in [3.63, 3.8) is 0 Å². The zero-order valence-electron chi connectivity index (χ0n) is 14.8. The number of hydrogen-bond donors (Lipinski definition) is 1. The monoisotopic (exact) mass is 370 g/mol. The van der Waals surface area contributed by atoms with E-state index in [9.17, 15) is 4.79 Å². The fourth-order valence-corrected chi connectivity index (χ4v) is 2.78. The summed E-state index contributed by atoms with van der Waals surface area (Å²) >= 11 is 6.06. The van der Waals surface area contributed by atoms with Gasteiger partial charge in [-0.2, -0.15) is 4.68 Å². The zero-order valence-corrected chi connectivity index (χ0v) is 15.5. The van der Waals surface area contributed by atoms with Crippen LogP contribution < -0.4 is 10.2 Å². The largest absolute Gasteiger partial charge is 0.376 e. The summed E-state index contributed by atoms with van der Waals surface area (Å²) in [6, 6.07) is 13.0. The number of carbonyl (C=O) groups is 1. The molecule has 0 unspecified atom stereocenters. The van der Waals surface area contributed by atoms with Crippen LogP contribution in [0.5, 0.6) is 0 Å². The van der Waals surface area contributed by atoms with Crippen molar-refractivity contribution in [1.82, 2.24) is 20.2 Å². The van der Waals surface area contributed by atoms with Gasteiger partial charge >= 0.3 is 0 Å². The molecule has 134 valence electrons. The fraction of sp³-hybridized carbons (Fsp3) is 0.222. The Morgan fingerprint density at radius 3 is 2.54 bits per heavy atom. The van der Waals surface area contributed by atoms with Crippen LogP contribution in [0.3, 0.4) is 0 Å². The Labute approximate surface area is 156 Å². The summed E-state index contributed by atoms with van der Waals surface area (Å²) in [5.41, 5.74) is 3.33. The van der Waals surface area contributed by atoms with Crippen molar-refractivity contribution >= 4 is 28.9 Å². The second kappa shape index (κ2) is 7.53. The third-order valence-corrected chi connectivity index (χ3v) is 4.12. The minimum Gasteiger partial charge on any atom is -0.376 e. The van der Waals surface area contributed by atoms with Crippen molar-refractivity contribution in [3.05, 3.63) is 58.9 Å². The molecule has 7 nitrogen and oxygen atoms in total. The number of hydrogen-bond acceptors (Lipinski definition) is 5. The number of anilines is 2. The van der Waals surface area contributed by atoms with Gasteiger partial charge in [0.05, 0.1) is 23.5 Å². The Hall–Kier alpha value is -2.93. The molecule has 1 aromatic heterocycles. The van der Waals surface area contributed by atoms with Gasteiger partial charge in [0.25, 0.3) is 0 Å². The number of amides is 1. The summed E-state index contributed by atoms with van der Waals surface area (Å²) in [4.78, 5) is 14.4. The first-order valence-electron chi connectivity index (χ1n) is 8.05. The van der Waals surface area contributed by atoms with E-state index in [1.807, 2.05) is 56.3 Å². The zero-order chi connectivity index (χ0) is 18.7. The number of nitrogens with one attached hydrogen (secondary N) is 1. The van der Waals surface area contributed by atoms with Crippen molar-refractivity contribution < 1.29 is 4.79 Å². The molecule has 0 radical (unpaired) electrons. The standard InChI is InChI=1S/C18H19ClN6O/c1-12-21-22-23-25(12)15-7-4-13(5-8-15)10-18(26)20-16-11-14(19)6-9-17(16)24(2)3/h4-9,11H,10H2,1-3H3,(H,20,26). The van der Waals surface area contributed by atoms with Gasteiger partial charge in [-0.05, 0) is 53.2 Å². The lowest BCUT2D eigenvalue weighted by atomic mass is 10.1. The molecule has 3 rings (SSSR count). The van der Waals surface area contributed by atoms with Crippen LogP contribution in [0.4, 0.5) is 11.4 Å². The Kier molecular flexibility index (Phi) is 5.18. The van der Waals surface area contributed by atoms with Gasteiger partial charge in [0.15, 0.2) is 5.82 Å². The van der Waals surface area contributed by atoms with Gasteiger partial charge in [0, 0.05) is 19.1 Å². The quantitative estimate of drug-likeness (QED) is 0.747. The average Bonchev–Trinajstić information content (AvgIpc) is 3.01. The van der Waals surface area contributed by atoms with Gasteiger partial charge in [-0.15, -0.1) is 5.10 Å². The summed E-state index contributed by atoms with van der Waals surface area (Å²) in [5, 5.41) is 14.9. The van der Waals surface area contributed by atoms with Crippen LogP contribution in [0.15, 0.2) is 42.5 Å². The second-order valence-corrected chi connectivity index (χ2v) is 6.52. The number of aromatic nitrogens is 4. The number of carbonyl (C=O) groups excluding carboxylic acids is 1. The van der Waals surface area contributed by atoms with Crippen LogP contribution in [0.1, 0.15) is 11.4 Å². The molecular weight excluding hydrogens is 352 g/mol. The first kappa shape index (κ1) is 17.9. The van der Waals surface area contributed by atoms with Crippen LogP contribution in [0, 0.1) is 6.92 Å². The van der Waals surface area contributed by atoms with Crippen molar-refractivity contribution in [2.75, 3.05) is 24.3 Å². The number of aryl methyl sites for hydroxylation is 1. The van der Waals surface area contributed by atoms with Gasteiger partial charge in [0.1, 0.15) is 0 Å². The maximum absolute atomic E-state index is 12.4. The Morgan fingerprint density at radius 1 is 1.19 bits per heavy atom. The molecular formula is C18H19ClN6O. The third-order valence-electron chi connectivity index (χ3n) is 3.89. The Balaban J connectivity index is 1.71. The highest BCUT2D eigenvalue weighted by molar-refractivity contribution is 6.31. The van der Waals surface area contributed by atoms with E-state index in [1.54, 1.807) is 16.8 Å². The summed E-state index contributed by atoms with van der Waals surface area (Å²) in [7, 11) is 3.83. The fourth-order valence-electron chi connectivity index (χ4n) is 2.60. The molecule has 1 amide bonds. The first-order chi connectivity index (χ1) is 12.4. The Morgan fingerprint density at radius 2 is 1.92 bits per heavy atom. The molecule has 0 saturated heterocycles. The van der Waals surface area contributed by atoms with E-state index in [2.05, 4.69) is 20.8 Å². The molecule has 0 aliphatic heterocycles. The molecule has 0 aliphatic carbocycles. The predicted molar refractivity (Wildman–Crippen MR) is 102 cm³/mol. The number of rotatable bonds is 5. The van der Waals surface area contributed by atoms with Gasteiger partial charge < -0.3 is 10.2 Å². The van der Waals surface area contributed by atoms with Gasteiger partial charge in [-0.1, -0.05) is 23.7 Å². The number of tetrazole rings is 1.